The smallest absolute Gasteiger partial charge is 0.261 e. The van der Waals surface area contributed by atoms with Crippen molar-refractivity contribution >= 4 is 28.5 Å². The number of rotatable bonds is 2. The van der Waals surface area contributed by atoms with Gasteiger partial charge < -0.3 is 10.2 Å². The van der Waals surface area contributed by atoms with Gasteiger partial charge in [0.1, 0.15) is 5.52 Å². The monoisotopic (exact) mass is 256 g/mol. The average molecular weight is 256 g/mol. The van der Waals surface area contributed by atoms with Crippen LogP contribution < -0.4 is 5.73 Å². The molecule has 2 aromatic carbocycles. The fraction of sp³-hybridized carbons (Fsp3) is 0.0714. The highest BCUT2D eigenvalue weighted by atomic mass is 32.2. The standard InChI is InChI=1S/C14H12N2OS/c1-9-6-7-13(10(15)8-9)18-14-16-11-4-2-3-5-12(11)17-14/h2-8H,15H2,1H3. The normalized spacial score (nSPS) is 10.9. The summed E-state index contributed by atoms with van der Waals surface area (Å²) < 4.78 is 5.65. The number of benzene rings is 2. The van der Waals surface area contributed by atoms with Gasteiger partial charge in [0, 0.05) is 10.6 Å². The second-order valence-corrected chi connectivity index (χ2v) is 5.08. The second-order valence-electron chi connectivity index (χ2n) is 4.09. The molecule has 0 aliphatic heterocycles. The van der Waals surface area contributed by atoms with Crippen LogP contribution in [0, 0.1) is 6.92 Å². The zero-order valence-corrected chi connectivity index (χ0v) is 10.7. The van der Waals surface area contributed by atoms with Gasteiger partial charge >= 0.3 is 0 Å². The van der Waals surface area contributed by atoms with E-state index in [1.54, 1.807) is 0 Å². The van der Waals surface area contributed by atoms with Gasteiger partial charge in [0.2, 0.25) is 0 Å². The molecule has 0 saturated heterocycles. The lowest BCUT2D eigenvalue weighted by atomic mass is 10.2. The quantitative estimate of drug-likeness (QED) is 0.707. The SMILES string of the molecule is Cc1ccc(Sc2nc3ccccc3o2)c(N)c1. The molecule has 0 spiro atoms. The van der Waals surface area contributed by atoms with Gasteiger partial charge in [-0.05, 0) is 48.5 Å². The number of nitrogens with zero attached hydrogens (tertiary/aromatic N) is 1. The van der Waals surface area contributed by atoms with Crippen LogP contribution in [0.1, 0.15) is 5.56 Å². The molecule has 3 nitrogen and oxygen atoms in total. The molecule has 3 rings (SSSR count). The predicted molar refractivity (Wildman–Crippen MR) is 73.7 cm³/mol. The molecule has 0 unspecified atom stereocenters. The van der Waals surface area contributed by atoms with Gasteiger partial charge in [-0.25, -0.2) is 4.98 Å². The summed E-state index contributed by atoms with van der Waals surface area (Å²) in [6.45, 7) is 2.02. The van der Waals surface area contributed by atoms with Gasteiger partial charge in [-0.3, -0.25) is 0 Å². The summed E-state index contributed by atoms with van der Waals surface area (Å²) in [6.07, 6.45) is 0. The first kappa shape index (κ1) is 11.2. The molecule has 0 aliphatic carbocycles. The topological polar surface area (TPSA) is 52.0 Å². The molecular formula is C14H12N2OS. The third-order valence-corrected chi connectivity index (χ3v) is 3.58. The van der Waals surface area contributed by atoms with Crippen molar-refractivity contribution in [2.24, 2.45) is 0 Å². The Balaban J connectivity index is 1.96. The van der Waals surface area contributed by atoms with E-state index in [1.165, 1.54) is 11.8 Å². The molecule has 0 amide bonds. The first-order valence-electron chi connectivity index (χ1n) is 5.62. The van der Waals surface area contributed by atoms with Crippen LogP contribution in [0.4, 0.5) is 5.69 Å². The van der Waals surface area contributed by atoms with Gasteiger partial charge in [-0.2, -0.15) is 0 Å². The number of hydrogen-bond donors (Lipinski definition) is 1. The average Bonchev–Trinajstić information content (AvgIpc) is 2.75. The number of nitrogens with two attached hydrogens (primary N) is 1. The first-order valence-corrected chi connectivity index (χ1v) is 6.43. The first-order chi connectivity index (χ1) is 8.72. The van der Waals surface area contributed by atoms with Gasteiger partial charge in [-0.1, -0.05) is 18.2 Å². The van der Waals surface area contributed by atoms with Crippen LogP contribution in [0.3, 0.4) is 0 Å². The minimum atomic E-state index is 0.617. The van der Waals surface area contributed by atoms with E-state index in [9.17, 15) is 0 Å². The Labute approximate surface area is 109 Å². The number of nitrogen functional groups attached to an aromatic ring is 1. The Bertz CT molecular complexity index is 673. The predicted octanol–water partition coefficient (Wildman–Crippen LogP) is 3.87. The van der Waals surface area contributed by atoms with Gasteiger partial charge in [0.25, 0.3) is 5.22 Å². The van der Waals surface area contributed by atoms with Crippen molar-refractivity contribution in [3.05, 3.63) is 48.0 Å². The van der Waals surface area contributed by atoms with E-state index in [1.807, 2.05) is 49.4 Å². The fourth-order valence-electron chi connectivity index (χ4n) is 1.75. The highest BCUT2D eigenvalue weighted by Crippen LogP contribution is 2.33. The van der Waals surface area contributed by atoms with Crippen molar-refractivity contribution < 1.29 is 4.42 Å². The number of hydrogen-bond acceptors (Lipinski definition) is 4. The van der Waals surface area contributed by atoms with Crippen molar-refractivity contribution in [3.8, 4) is 0 Å². The molecule has 1 aromatic heterocycles. The molecule has 2 N–H and O–H groups in total. The van der Waals surface area contributed by atoms with E-state index in [0.29, 0.717) is 5.22 Å². The molecule has 0 atom stereocenters. The summed E-state index contributed by atoms with van der Waals surface area (Å²) in [5.74, 6) is 0. The van der Waals surface area contributed by atoms with Crippen LogP contribution in [0.2, 0.25) is 0 Å². The maximum atomic E-state index is 5.97. The Morgan fingerprint density at radius 3 is 2.78 bits per heavy atom. The minimum Gasteiger partial charge on any atom is -0.431 e. The fourth-order valence-corrected chi connectivity index (χ4v) is 2.53. The van der Waals surface area contributed by atoms with E-state index in [4.69, 9.17) is 10.2 Å². The van der Waals surface area contributed by atoms with E-state index < -0.39 is 0 Å². The Kier molecular flexibility index (Phi) is 2.72. The third-order valence-electron chi connectivity index (χ3n) is 2.64. The van der Waals surface area contributed by atoms with Crippen LogP contribution in [0.25, 0.3) is 11.1 Å². The number of aryl methyl sites for hydroxylation is 1. The summed E-state index contributed by atoms with van der Waals surface area (Å²) in [6, 6.07) is 13.7. The Hall–Kier alpha value is -1.94. The van der Waals surface area contributed by atoms with Gasteiger partial charge in [0.15, 0.2) is 5.58 Å². The summed E-state index contributed by atoms with van der Waals surface area (Å²) >= 11 is 1.45. The van der Waals surface area contributed by atoms with E-state index in [-0.39, 0.29) is 0 Å². The van der Waals surface area contributed by atoms with Crippen molar-refractivity contribution in [1.82, 2.24) is 4.98 Å². The van der Waals surface area contributed by atoms with Crippen molar-refractivity contribution in [3.63, 3.8) is 0 Å². The molecule has 0 aliphatic rings. The third kappa shape index (κ3) is 2.07. The molecule has 18 heavy (non-hydrogen) atoms. The van der Waals surface area contributed by atoms with E-state index >= 15 is 0 Å². The van der Waals surface area contributed by atoms with Crippen molar-refractivity contribution in [1.29, 1.82) is 0 Å². The molecule has 1 heterocycles. The van der Waals surface area contributed by atoms with Crippen molar-refractivity contribution in [2.75, 3.05) is 5.73 Å². The van der Waals surface area contributed by atoms with Crippen molar-refractivity contribution in [2.45, 2.75) is 17.0 Å². The number of aromatic nitrogens is 1. The lowest BCUT2D eigenvalue weighted by molar-refractivity contribution is 0.489. The molecule has 90 valence electrons. The maximum Gasteiger partial charge on any atom is 0.261 e. The summed E-state index contributed by atoms with van der Waals surface area (Å²) in [4.78, 5) is 5.38. The minimum absolute atomic E-state index is 0.617. The second kappa shape index (κ2) is 4.38. The lowest BCUT2D eigenvalue weighted by Crippen LogP contribution is -1.89. The Morgan fingerprint density at radius 1 is 1.17 bits per heavy atom. The molecular weight excluding hydrogens is 244 g/mol. The number of para-hydroxylation sites is 2. The van der Waals surface area contributed by atoms with E-state index in [2.05, 4.69) is 4.98 Å². The highest BCUT2D eigenvalue weighted by molar-refractivity contribution is 7.99. The van der Waals surface area contributed by atoms with Crippen LogP contribution in [-0.2, 0) is 0 Å². The molecule has 4 heteroatoms. The summed E-state index contributed by atoms with van der Waals surface area (Å²) in [5.41, 5.74) is 9.54. The lowest BCUT2D eigenvalue weighted by Gasteiger charge is -2.02. The molecule has 0 fully saturated rings. The van der Waals surface area contributed by atoms with Gasteiger partial charge in [-0.15, -0.1) is 0 Å². The molecule has 0 radical (unpaired) electrons. The number of fused-ring (bicyclic) bond motifs is 1. The molecule has 3 aromatic rings. The largest absolute Gasteiger partial charge is 0.431 e. The highest BCUT2D eigenvalue weighted by Gasteiger charge is 2.08. The van der Waals surface area contributed by atoms with Crippen LogP contribution in [0.15, 0.2) is 57.0 Å². The van der Waals surface area contributed by atoms with Gasteiger partial charge in [0.05, 0.1) is 0 Å². The van der Waals surface area contributed by atoms with Crippen LogP contribution >= 0.6 is 11.8 Å². The molecule has 0 saturated carbocycles. The number of oxazole rings is 1. The summed E-state index contributed by atoms with van der Waals surface area (Å²) in [5, 5.41) is 0.617. The zero-order valence-electron chi connectivity index (χ0n) is 9.88. The van der Waals surface area contributed by atoms with Crippen LogP contribution in [0.5, 0.6) is 0 Å². The van der Waals surface area contributed by atoms with E-state index in [0.717, 1.165) is 27.2 Å². The zero-order chi connectivity index (χ0) is 12.5. The summed E-state index contributed by atoms with van der Waals surface area (Å²) in [7, 11) is 0. The molecule has 0 bridgehead atoms. The van der Waals surface area contributed by atoms with Crippen LogP contribution in [-0.4, -0.2) is 4.98 Å². The Morgan fingerprint density at radius 2 is 2.00 bits per heavy atom. The number of anilines is 1. The maximum absolute atomic E-state index is 5.97.